The number of benzene rings is 1. The topological polar surface area (TPSA) is 102 Å². The molecule has 0 radical (unpaired) electrons. The third-order valence-corrected chi connectivity index (χ3v) is 3.76. The number of nitrogens with zero attached hydrogens (tertiary/aromatic N) is 2. The summed E-state index contributed by atoms with van der Waals surface area (Å²) in [6.45, 7) is 5.02. The molecule has 0 saturated heterocycles. The lowest BCUT2D eigenvalue weighted by molar-refractivity contribution is -0.385. The number of rotatable bonds is 4. The van der Waals surface area contributed by atoms with Gasteiger partial charge in [-0.1, -0.05) is 12.1 Å². The highest BCUT2D eigenvalue weighted by Gasteiger charge is 2.38. The van der Waals surface area contributed by atoms with Crippen LogP contribution in [0, 0.1) is 10.1 Å². The molecule has 0 saturated carbocycles. The Labute approximate surface area is 139 Å². The Morgan fingerprint density at radius 2 is 2.00 bits per heavy atom. The minimum Gasteiger partial charge on any atom is -0.459 e. The Kier molecular flexibility index (Phi) is 4.87. The predicted molar refractivity (Wildman–Crippen MR) is 86.1 cm³/mol. The Morgan fingerprint density at radius 1 is 1.38 bits per heavy atom. The maximum atomic E-state index is 12.5. The van der Waals surface area contributed by atoms with Crippen LogP contribution in [-0.2, 0) is 9.53 Å². The van der Waals surface area contributed by atoms with E-state index in [9.17, 15) is 19.7 Å². The Morgan fingerprint density at radius 3 is 2.58 bits per heavy atom. The minimum atomic E-state index is -0.943. The average Bonchev–Trinajstić information content (AvgIpc) is 2.51. The molecule has 0 aliphatic carbocycles. The van der Waals surface area contributed by atoms with Crippen LogP contribution < -0.4 is 5.32 Å². The van der Waals surface area contributed by atoms with Gasteiger partial charge in [-0.15, -0.1) is 0 Å². The summed E-state index contributed by atoms with van der Waals surface area (Å²) < 4.78 is 5.25. The molecule has 1 N–H and O–H groups in total. The molecule has 24 heavy (non-hydrogen) atoms. The molecule has 1 heterocycles. The zero-order chi connectivity index (χ0) is 18.0. The van der Waals surface area contributed by atoms with E-state index in [2.05, 4.69) is 5.32 Å². The van der Waals surface area contributed by atoms with E-state index in [-0.39, 0.29) is 22.9 Å². The number of nitro benzene ring substituents is 1. The largest absolute Gasteiger partial charge is 0.459 e. The molecule has 0 bridgehead atoms. The maximum absolute atomic E-state index is 12.5. The number of ether oxygens (including phenoxy) is 1. The highest BCUT2D eigenvalue weighted by atomic mass is 16.6. The van der Waals surface area contributed by atoms with Crippen LogP contribution in [0.15, 0.2) is 35.5 Å². The van der Waals surface area contributed by atoms with Crippen LogP contribution in [0.5, 0.6) is 0 Å². The van der Waals surface area contributed by atoms with E-state index in [1.165, 1.54) is 30.1 Å². The summed E-state index contributed by atoms with van der Waals surface area (Å²) in [7, 11) is 1.52. The summed E-state index contributed by atoms with van der Waals surface area (Å²) >= 11 is 0. The molecule has 2 amide bonds. The number of nitro groups is 1. The zero-order valence-electron chi connectivity index (χ0n) is 13.9. The molecule has 1 aromatic rings. The van der Waals surface area contributed by atoms with Crippen molar-refractivity contribution < 1.29 is 19.2 Å². The number of nitrogens with one attached hydrogen (secondary N) is 1. The fourth-order valence-corrected chi connectivity index (χ4v) is 2.51. The molecular weight excluding hydrogens is 314 g/mol. The smallest absolute Gasteiger partial charge is 0.338 e. The van der Waals surface area contributed by atoms with Crippen LogP contribution in [-0.4, -0.2) is 35.0 Å². The van der Waals surface area contributed by atoms with Gasteiger partial charge >= 0.3 is 12.0 Å². The normalized spacial score (nSPS) is 17.8. The monoisotopic (exact) mass is 333 g/mol. The molecule has 0 fully saturated rings. The van der Waals surface area contributed by atoms with Crippen molar-refractivity contribution >= 4 is 17.7 Å². The summed E-state index contributed by atoms with van der Waals surface area (Å²) in [6, 6.07) is 4.61. The molecule has 0 aromatic heterocycles. The number of hydrogen-bond acceptors (Lipinski definition) is 5. The van der Waals surface area contributed by atoms with Gasteiger partial charge in [0.1, 0.15) is 0 Å². The van der Waals surface area contributed by atoms with Crippen molar-refractivity contribution in [1.82, 2.24) is 10.2 Å². The summed E-state index contributed by atoms with van der Waals surface area (Å²) in [5.41, 5.74) is 0.640. The molecule has 1 aliphatic rings. The Balaban J connectivity index is 2.60. The summed E-state index contributed by atoms with van der Waals surface area (Å²) in [6.07, 6.45) is -0.354. The summed E-state index contributed by atoms with van der Waals surface area (Å²) in [5.74, 6) is -0.613. The fraction of sp³-hybridized carbons (Fsp3) is 0.375. The molecule has 1 atom stereocenters. The van der Waals surface area contributed by atoms with Gasteiger partial charge in [-0.3, -0.25) is 10.1 Å². The maximum Gasteiger partial charge on any atom is 0.338 e. The third-order valence-electron chi connectivity index (χ3n) is 3.76. The second-order valence-electron chi connectivity index (χ2n) is 5.71. The number of urea groups is 1. The van der Waals surface area contributed by atoms with Gasteiger partial charge in [0.15, 0.2) is 0 Å². The Hall–Kier alpha value is -2.90. The number of amides is 2. The molecule has 1 aliphatic heterocycles. The van der Waals surface area contributed by atoms with Gasteiger partial charge in [0.2, 0.25) is 0 Å². The lowest BCUT2D eigenvalue weighted by Gasteiger charge is -2.33. The second kappa shape index (κ2) is 6.69. The van der Waals surface area contributed by atoms with Crippen LogP contribution in [0.1, 0.15) is 32.4 Å². The van der Waals surface area contributed by atoms with Gasteiger partial charge < -0.3 is 15.0 Å². The molecule has 2 rings (SSSR count). The lowest BCUT2D eigenvalue weighted by Crippen LogP contribution is -2.46. The number of carbonyl (C=O) groups is 2. The van der Waals surface area contributed by atoms with E-state index in [1.807, 2.05) is 0 Å². The van der Waals surface area contributed by atoms with Crippen molar-refractivity contribution in [3.8, 4) is 0 Å². The number of allylic oxidation sites excluding steroid dienone is 1. The number of esters is 1. The van der Waals surface area contributed by atoms with Gasteiger partial charge in [0.25, 0.3) is 5.69 Å². The van der Waals surface area contributed by atoms with Gasteiger partial charge in [-0.05, 0) is 26.8 Å². The third kappa shape index (κ3) is 3.22. The van der Waals surface area contributed by atoms with Crippen molar-refractivity contribution in [3.05, 3.63) is 51.2 Å². The molecule has 1 aromatic carbocycles. The zero-order valence-corrected chi connectivity index (χ0v) is 13.9. The van der Waals surface area contributed by atoms with E-state index < -0.39 is 23.0 Å². The van der Waals surface area contributed by atoms with E-state index >= 15 is 0 Å². The predicted octanol–water partition coefficient (Wildman–Crippen LogP) is 2.52. The van der Waals surface area contributed by atoms with Crippen molar-refractivity contribution in [2.45, 2.75) is 32.9 Å². The number of hydrogen-bond donors (Lipinski definition) is 1. The van der Waals surface area contributed by atoms with Crippen molar-refractivity contribution in [3.63, 3.8) is 0 Å². The van der Waals surface area contributed by atoms with E-state index in [0.29, 0.717) is 5.70 Å². The van der Waals surface area contributed by atoms with Gasteiger partial charge in [0, 0.05) is 18.8 Å². The van der Waals surface area contributed by atoms with Crippen molar-refractivity contribution in [1.29, 1.82) is 0 Å². The first-order valence-corrected chi connectivity index (χ1v) is 7.43. The summed E-state index contributed by atoms with van der Waals surface area (Å²) in [5, 5.41) is 13.9. The first-order chi connectivity index (χ1) is 11.2. The van der Waals surface area contributed by atoms with Crippen molar-refractivity contribution in [2.24, 2.45) is 0 Å². The number of carbonyl (C=O) groups excluding carboxylic acids is 2. The SMILES string of the molecule is CC1=C(C(=O)OC(C)C)C(c2ccccc2[N+](=O)[O-])NC(=O)N1C. The van der Waals surface area contributed by atoms with Crippen LogP contribution in [0.4, 0.5) is 10.5 Å². The quantitative estimate of drug-likeness (QED) is 0.518. The van der Waals surface area contributed by atoms with E-state index in [1.54, 1.807) is 26.8 Å². The van der Waals surface area contributed by atoms with Gasteiger partial charge in [0.05, 0.1) is 28.2 Å². The van der Waals surface area contributed by atoms with Crippen LogP contribution >= 0.6 is 0 Å². The van der Waals surface area contributed by atoms with Crippen LogP contribution in [0.25, 0.3) is 0 Å². The fourth-order valence-electron chi connectivity index (χ4n) is 2.51. The lowest BCUT2D eigenvalue weighted by atomic mass is 9.94. The van der Waals surface area contributed by atoms with E-state index in [0.717, 1.165) is 0 Å². The summed E-state index contributed by atoms with van der Waals surface area (Å²) in [4.78, 5) is 36.7. The first kappa shape index (κ1) is 17.5. The number of para-hydroxylation sites is 1. The highest BCUT2D eigenvalue weighted by molar-refractivity contribution is 5.95. The van der Waals surface area contributed by atoms with Crippen LogP contribution in [0.3, 0.4) is 0 Å². The second-order valence-corrected chi connectivity index (χ2v) is 5.71. The molecular formula is C16H19N3O5. The first-order valence-electron chi connectivity index (χ1n) is 7.43. The van der Waals surface area contributed by atoms with Crippen LogP contribution in [0.2, 0.25) is 0 Å². The highest BCUT2D eigenvalue weighted by Crippen LogP contribution is 2.35. The van der Waals surface area contributed by atoms with Crippen molar-refractivity contribution in [2.75, 3.05) is 7.05 Å². The molecule has 8 nitrogen and oxygen atoms in total. The Bertz CT molecular complexity index is 726. The van der Waals surface area contributed by atoms with E-state index in [4.69, 9.17) is 4.74 Å². The minimum absolute atomic E-state index is 0.171. The van der Waals surface area contributed by atoms with Gasteiger partial charge in [-0.2, -0.15) is 0 Å². The molecule has 128 valence electrons. The van der Waals surface area contributed by atoms with Gasteiger partial charge in [-0.25, -0.2) is 9.59 Å². The molecule has 0 spiro atoms. The molecule has 1 unspecified atom stereocenters. The standard InChI is InChI=1S/C16H19N3O5/c1-9(2)24-15(20)13-10(3)18(4)16(21)17-14(13)11-7-5-6-8-12(11)19(22)23/h5-9,14H,1-4H3,(H,17,21). The molecule has 8 heteroatoms. The average molecular weight is 333 g/mol.